The highest BCUT2D eigenvalue weighted by Gasteiger charge is 2.46. The van der Waals surface area contributed by atoms with Crippen LogP contribution in [0.1, 0.15) is 29.7 Å². The Morgan fingerprint density at radius 1 is 1.43 bits per heavy atom. The smallest absolute Gasteiger partial charge is 0.240 e. The fourth-order valence-electron chi connectivity index (χ4n) is 3.98. The molecule has 0 unspecified atom stereocenters. The van der Waals surface area contributed by atoms with Crippen LogP contribution < -0.4 is 5.32 Å². The summed E-state index contributed by atoms with van der Waals surface area (Å²) in [5.41, 5.74) is 0.485. The third-order valence-electron chi connectivity index (χ3n) is 5.41. The van der Waals surface area contributed by atoms with E-state index < -0.39 is 11.7 Å². The number of nitrogens with zero attached hydrogens (tertiary/aromatic N) is 2. The maximum absolute atomic E-state index is 13.0. The second-order valence-electron chi connectivity index (χ2n) is 7.52. The molecule has 1 amide bonds. The number of aromatic nitrogens is 1. The Balaban J connectivity index is 1.30. The predicted octanol–water partition coefficient (Wildman–Crippen LogP) is 2.43. The van der Waals surface area contributed by atoms with E-state index in [2.05, 4.69) is 10.3 Å². The molecule has 0 saturated carbocycles. The SMILES string of the molecule is O=C(CN1CC[C@H](O)[C@]2(CCCO2)C1)Nc1ncc(Cc2ccc(F)cc2)s1. The minimum Gasteiger partial charge on any atom is -0.390 e. The first kappa shape index (κ1) is 19.4. The number of benzene rings is 1. The van der Waals surface area contributed by atoms with Crippen molar-refractivity contribution in [1.29, 1.82) is 0 Å². The standard InChI is InChI=1S/C20H24FN3O3S/c21-15-4-2-14(3-5-15)10-16-11-22-19(28-16)23-18(26)12-24-8-6-17(25)20(13-24)7-1-9-27-20/h2-5,11,17,25H,1,6-10,12-13H2,(H,22,23,26)/t17-,20-/m0/s1. The summed E-state index contributed by atoms with van der Waals surface area (Å²) in [5.74, 6) is -0.372. The van der Waals surface area contributed by atoms with Gasteiger partial charge in [-0.05, 0) is 37.0 Å². The lowest BCUT2D eigenvalue weighted by Gasteiger charge is -2.42. The summed E-state index contributed by atoms with van der Waals surface area (Å²) in [5, 5.41) is 13.7. The number of carbonyl (C=O) groups excluding carboxylic acids is 1. The molecule has 2 aromatic rings. The van der Waals surface area contributed by atoms with Crippen molar-refractivity contribution in [2.75, 3.05) is 31.6 Å². The number of nitrogens with one attached hydrogen (secondary N) is 1. The highest BCUT2D eigenvalue weighted by molar-refractivity contribution is 7.15. The van der Waals surface area contributed by atoms with Crippen LogP contribution in [-0.2, 0) is 16.0 Å². The molecule has 1 spiro atoms. The third-order valence-corrected chi connectivity index (χ3v) is 6.32. The fourth-order valence-corrected chi connectivity index (χ4v) is 4.85. The Kier molecular flexibility index (Phi) is 5.73. The zero-order valence-corrected chi connectivity index (χ0v) is 16.4. The van der Waals surface area contributed by atoms with Crippen molar-refractivity contribution in [3.63, 3.8) is 0 Å². The normalized spacial score (nSPS) is 25.3. The first-order valence-electron chi connectivity index (χ1n) is 9.56. The summed E-state index contributed by atoms with van der Waals surface area (Å²) in [6.45, 7) is 2.18. The molecule has 2 aliphatic rings. The lowest BCUT2D eigenvalue weighted by atomic mass is 9.87. The van der Waals surface area contributed by atoms with E-state index in [1.807, 2.05) is 4.90 Å². The molecule has 2 atom stereocenters. The molecular formula is C20H24FN3O3S. The van der Waals surface area contributed by atoms with Gasteiger partial charge in [0.05, 0.1) is 12.6 Å². The molecule has 28 heavy (non-hydrogen) atoms. The Bertz CT molecular complexity index is 820. The average Bonchev–Trinajstić information content (AvgIpc) is 3.31. The summed E-state index contributed by atoms with van der Waals surface area (Å²) in [6, 6.07) is 6.38. The van der Waals surface area contributed by atoms with Crippen molar-refractivity contribution in [2.24, 2.45) is 0 Å². The van der Waals surface area contributed by atoms with Gasteiger partial charge in [0.25, 0.3) is 0 Å². The van der Waals surface area contributed by atoms with Crippen LogP contribution in [0.25, 0.3) is 0 Å². The van der Waals surface area contributed by atoms with Crippen LogP contribution >= 0.6 is 11.3 Å². The highest BCUT2D eigenvalue weighted by atomic mass is 32.1. The Labute approximate surface area is 167 Å². The number of hydrogen-bond acceptors (Lipinski definition) is 6. The number of thiazole rings is 1. The first-order chi connectivity index (χ1) is 13.5. The molecule has 4 rings (SSSR count). The summed E-state index contributed by atoms with van der Waals surface area (Å²) in [7, 11) is 0. The number of rotatable bonds is 5. The molecule has 8 heteroatoms. The Hall–Kier alpha value is -1.87. The molecule has 0 aliphatic carbocycles. The number of carbonyl (C=O) groups is 1. The van der Waals surface area contributed by atoms with Gasteiger partial charge in [0.15, 0.2) is 5.13 Å². The number of ether oxygens (including phenoxy) is 1. The maximum Gasteiger partial charge on any atom is 0.240 e. The molecule has 2 aliphatic heterocycles. The van der Waals surface area contributed by atoms with E-state index in [0.29, 0.717) is 37.7 Å². The summed E-state index contributed by atoms with van der Waals surface area (Å²) < 4.78 is 18.8. The number of hydrogen-bond donors (Lipinski definition) is 2. The lowest BCUT2D eigenvalue weighted by molar-refractivity contribution is -0.137. The molecular weight excluding hydrogens is 381 g/mol. The summed E-state index contributed by atoms with van der Waals surface area (Å²) in [4.78, 5) is 19.8. The molecule has 3 heterocycles. The van der Waals surface area contributed by atoms with Crippen LogP contribution in [0, 0.1) is 5.82 Å². The van der Waals surface area contributed by atoms with Gasteiger partial charge in [-0.3, -0.25) is 9.69 Å². The van der Waals surface area contributed by atoms with Gasteiger partial charge in [-0.15, -0.1) is 11.3 Å². The van der Waals surface area contributed by atoms with Gasteiger partial charge in [0.2, 0.25) is 5.91 Å². The summed E-state index contributed by atoms with van der Waals surface area (Å²) >= 11 is 1.42. The van der Waals surface area contributed by atoms with Crippen LogP contribution in [0.4, 0.5) is 9.52 Å². The Morgan fingerprint density at radius 3 is 3.00 bits per heavy atom. The van der Waals surface area contributed by atoms with E-state index in [4.69, 9.17) is 4.74 Å². The number of aliphatic hydroxyl groups is 1. The van der Waals surface area contributed by atoms with Gasteiger partial charge in [-0.2, -0.15) is 0 Å². The van der Waals surface area contributed by atoms with E-state index in [-0.39, 0.29) is 18.3 Å². The van der Waals surface area contributed by atoms with Crippen molar-refractivity contribution < 1.29 is 19.0 Å². The topological polar surface area (TPSA) is 74.7 Å². The van der Waals surface area contributed by atoms with Gasteiger partial charge in [0.1, 0.15) is 11.4 Å². The quantitative estimate of drug-likeness (QED) is 0.799. The number of halogens is 1. The van der Waals surface area contributed by atoms with Gasteiger partial charge in [0, 0.05) is 37.2 Å². The minimum absolute atomic E-state index is 0.118. The van der Waals surface area contributed by atoms with Crippen molar-refractivity contribution in [2.45, 2.75) is 37.4 Å². The van der Waals surface area contributed by atoms with E-state index >= 15 is 0 Å². The van der Waals surface area contributed by atoms with Crippen LogP contribution in [0.5, 0.6) is 0 Å². The Morgan fingerprint density at radius 2 is 2.25 bits per heavy atom. The second-order valence-corrected chi connectivity index (χ2v) is 8.63. The number of likely N-dealkylation sites (tertiary alicyclic amines) is 1. The van der Waals surface area contributed by atoms with Crippen molar-refractivity contribution >= 4 is 22.4 Å². The molecule has 0 bridgehead atoms. The van der Waals surface area contributed by atoms with Crippen LogP contribution in [0.3, 0.4) is 0 Å². The van der Waals surface area contributed by atoms with E-state index in [1.165, 1.54) is 23.5 Å². The molecule has 0 radical (unpaired) electrons. The molecule has 1 aromatic heterocycles. The van der Waals surface area contributed by atoms with Gasteiger partial charge < -0.3 is 15.2 Å². The number of aliphatic hydroxyl groups excluding tert-OH is 1. The van der Waals surface area contributed by atoms with Gasteiger partial charge in [-0.25, -0.2) is 9.37 Å². The molecule has 2 N–H and O–H groups in total. The molecule has 150 valence electrons. The monoisotopic (exact) mass is 405 g/mol. The van der Waals surface area contributed by atoms with Crippen LogP contribution in [-0.4, -0.2) is 58.8 Å². The zero-order valence-electron chi connectivity index (χ0n) is 15.6. The highest BCUT2D eigenvalue weighted by Crippen LogP contribution is 2.34. The van der Waals surface area contributed by atoms with E-state index in [0.717, 1.165) is 23.3 Å². The maximum atomic E-state index is 13.0. The zero-order chi connectivity index (χ0) is 19.6. The fraction of sp³-hybridized carbons (Fsp3) is 0.500. The molecule has 1 aromatic carbocycles. The molecule has 6 nitrogen and oxygen atoms in total. The van der Waals surface area contributed by atoms with Crippen LogP contribution in [0.15, 0.2) is 30.5 Å². The lowest BCUT2D eigenvalue weighted by Crippen LogP contribution is -2.57. The van der Waals surface area contributed by atoms with Gasteiger partial charge >= 0.3 is 0 Å². The largest absolute Gasteiger partial charge is 0.390 e. The molecule has 2 fully saturated rings. The van der Waals surface area contributed by atoms with Crippen LogP contribution in [0.2, 0.25) is 0 Å². The predicted molar refractivity (Wildman–Crippen MR) is 105 cm³/mol. The second kappa shape index (κ2) is 8.24. The number of anilines is 1. The molecule has 2 saturated heterocycles. The van der Waals surface area contributed by atoms with Crippen molar-refractivity contribution in [3.8, 4) is 0 Å². The van der Waals surface area contributed by atoms with E-state index in [1.54, 1.807) is 18.3 Å². The summed E-state index contributed by atoms with van der Waals surface area (Å²) in [6.07, 6.45) is 4.34. The average molecular weight is 405 g/mol. The van der Waals surface area contributed by atoms with Crippen molar-refractivity contribution in [3.05, 3.63) is 46.7 Å². The third kappa shape index (κ3) is 4.41. The minimum atomic E-state index is -0.512. The van der Waals surface area contributed by atoms with E-state index in [9.17, 15) is 14.3 Å². The van der Waals surface area contributed by atoms with Gasteiger partial charge in [-0.1, -0.05) is 12.1 Å². The number of amides is 1. The number of piperidine rings is 1. The first-order valence-corrected chi connectivity index (χ1v) is 10.4. The van der Waals surface area contributed by atoms with Crippen molar-refractivity contribution in [1.82, 2.24) is 9.88 Å².